The van der Waals surface area contributed by atoms with Crippen LogP contribution in [0.5, 0.6) is 0 Å². The van der Waals surface area contributed by atoms with Gasteiger partial charge in [-0.2, -0.15) is 0 Å². The first kappa shape index (κ1) is 18.0. The highest BCUT2D eigenvalue weighted by Crippen LogP contribution is 2.49. The Morgan fingerprint density at radius 1 is 1.30 bits per heavy atom. The Hall–Kier alpha value is -2.35. The van der Waals surface area contributed by atoms with Crippen molar-refractivity contribution >= 4 is 34.8 Å². The van der Waals surface area contributed by atoms with Crippen molar-refractivity contribution in [3.8, 4) is 0 Å². The van der Waals surface area contributed by atoms with E-state index in [1.165, 1.54) is 4.90 Å². The molecule has 1 aliphatic carbocycles. The first-order valence-corrected chi connectivity index (χ1v) is 9.98. The van der Waals surface area contributed by atoms with Crippen LogP contribution in [0.3, 0.4) is 0 Å². The van der Waals surface area contributed by atoms with Gasteiger partial charge in [-0.1, -0.05) is 30.3 Å². The minimum atomic E-state index is -0.808. The molecule has 0 bridgehead atoms. The van der Waals surface area contributed by atoms with Crippen LogP contribution in [0.15, 0.2) is 24.3 Å². The van der Waals surface area contributed by atoms with Gasteiger partial charge in [0.25, 0.3) is 11.1 Å². The number of hydrogen-bond acceptors (Lipinski definition) is 5. The molecule has 1 saturated carbocycles. The number of benzene rings is 1. The number of likely N-dealkylation sites (tertiary alicyclic amines) is 1. The van der Waals surface area contributed by atoms with Crippen molar-refractivity contribution in [2.45, 2.75) is 25.8 Å². The lowest BCUT2D eigenvalue weighted by molar-refractivity contribution is -0.149. The van der Waals surface area contributed by atoms with Crippen molar-refractivity contribution in [3.05, 3.63) is 35.4 Å². The lowest BCUT2D eigenvalue weighted by atomic mass is 9.81. The second-order valence-corrected chi connectivity index (χ2v) is 8.40. The zero-order valence-electron chi connectivity index (χ0n) is 14.7. The maximum atomic E-state index is 12.9. The molecule has 3 amide bonds. The molecule has 27 heavy (non-hydrogen) atoms. The Bertz CT molecular complexity index is 825. The van der Waals surface area contributed by atoms with Crippen LogP contribution in [-0.4, -0.2) is 56.8 Å². The van der Waals surface area contributed by atoms with Crippen molar-refractivity contribution in [3.63, 3.8) is 0 Å². The number of carboxylic acids is 1. The molecule has 142 valence electrons. The number of hydrogen-bond donors (Lipinski definition) is 1. The van der Waals surface area contributed by atoms with E-state index in [4.69, 9.17) is 0 Å². The van der Waals surface area contributed by atoms with E-state index in [1.807, 2.05) is 0 Å². The number of rotatable bonds is 4. The monoisotopic (exact) mass is 388 g/mol. The number of thioether (sulfide) groups is 1. The Morgan fingerprint density at radius 2 is 2.11 bits per heavy atom. The summed E-state index contributed by atoms with van der Waals surface area (Å²) in [6.45, 7) is 0.859. The Balaban J connectivity index is 1.51. The first-order valence-electron chi connectivity index (χ1n) is 8.99. The summed E-state index contributed by atoms with van der Waals surface area (Å²) in [5.74, 6) is -1.06. The summed E-state index contributed by atoms with van der Waals surface area (Å²) in [6.07, 6.45) is 2.35. The third-order valence-electron chi connectivity index (χ3n) is 5.94. The van der Waals surface area contributed by atoms with Crippen molar-refractivity contribution in [1.82, 2.24) is 9.80 Å². The van der Waals surface area contributed by atoms with Crippen LogP contribution in [-0.2, 0) is 16.1 Å². The number of fused-ring (bicyclic) bond motifs is 1. The highest BCUT2D eigenvalue weighted by Gasteiger charge is 2.55. The van der Waals surface area contributed by atoms with Crippen LogP contribution in [0.2, 0.25) is 0 Å². The van der Waals surface area contributed by atoms with E-state index in [0.717, 1.165) is 24.6 Å². The number of imide groups is 1. The molecule has 8 heteroatoms. The number of carbonyl (C=O) groups excluding carboxylic acids is 3. The summed E-state index contributed by atoms with van der Waals surface area (Å²) < 4.78 is 0. The van der Waals surface area contributed by atoms with E-state index in [1.54, 1.807) is 29.2 Å². The summed E-state index contributed by atoms with van der Waals surface area (Å²) in [4.78, 5) is 51.1. The molecular formula is C19H20N2O5S. The molecule has 2 saturated heterocycles. The first-order chi connectivity index (χ1) is 12.9. The summed E-state index contributed by atoms with van der Waals surface area (Å²) in [6, 6.07) is 6.88. The summed E-state index contributed by atoms with van der Waals surface area (Å²) in [5.41, 5.74) is 0.357. The molecular weight excluding hydrogens is 368 g/mol. The lowest BCUT2D eigenvalue weighted by Gasteiger charge is -2.23. The average Bonchev–Trinajstić information content (AvgIpc) is 3.30. The third-order valence-corrected chi connectivity index (χ3v) is 6.80. The molecule has 7 nitrogen and oxygen atoms in total. The van der Waals surface area contributed by atoms with Crippen LogP contribution in [0.1, 0.15) is 35.2 Å². The fraction of sp³-hybridized carbons (Fsp3) is 0.474. The molecule has 0 aromatic heterocycles. The van der Waals surface area contributed by atoms with Gasteiger partial charge in [-0.15, -0.1) is 0 Å². The smallest absolute Gasteiger partial charge is 0.311 e. The van der Waals surface area contributed by atoms with Gasteiger partial charge in [-0.3, -0.25) is 24.1 Å². The van der Waals surface area contributed by atoms with Crippen LogP contribution in [0, 0.1) is 11.3 Å². The Labute approximate surface area is 160 Å². The highest BCUT2D eigenvalue weighted by molar-refractivity contribution is 8.14. The zero-order valence-corrected chi connectivity index (χ0v) is 15.5. The lowest BCUT2D eigenvalue weighted by Crippen LogP contribution is -2.37. The maximum absolute atomic E-state index is 12.9. The molecule has 0 radical (unpaired) electrons. The maximum Gasteiger partial charge on any atom is 0.311 e. The fourth-order valence-electron chi connectivity index (χ4n) is 4.50. The fourth-order valence-corrected chi connectivity index (χ4v) is 5.22. The number of aliphatic carboxylic acids is 1. The van der Waals surface area contributed by atoms with E-state index in [-0.39, 0.29) is 41.8 Å². The van der Waals surface area contributed by atoms with Gasteiger partial charge in [0.2, 0.25) is 5.91 Å². The van der Waals surface area contributed by atoms with E-state index < -0.39 is 11.4 Å². The van der Waals surface area contributed by atoms with Crippen molar-refractivity contribution < 1.29 is 24.3 Å². The third kappa shape index (κ3) is 3.01. The molecule has 0 spiro atoms. The largest absolute Gasteiger partial charge is 0.481 e. The SMILES string of the molecule is O=C(c1cccc(CN2C(=O)CSC2=O)c1)N1C[C@@H]2CCC[C@@]2(C(=O)O)C1. The van der Waals surface area contributed by atoms with E-state index in [9.17, 15) is 24.3 Å². The molecule has 4 rings (SSSR count). The quantitative estimate of drug-likeness (QED) is 0.850. The molecule has 0 unspecified atom stereocenters. The topological polar surface area (TPSA) is 95.0 Å². The minimum absolute atomic E-state index is 0.0130. The van der Waals surface area contributed by atoms with Crippen molar-refractivity contribution in [2.24, 2.45) is 11.3 Å². The molecule has 3 aliphatic rings. The van der Waals surface area contributed by atoms with Gasteiger partial charge in [0.1, 0.15) is 0 Å². The predicted octanol–water partition coefficient (Wildman–Crippen LogP) is 2.21. The number of carbonyl (C=O) groups is 4. The van der Waals surface area contributed by atoms with Gasteiger partial charge in [-0.05, 0) is 36.5 Å². The predicted molar refractivity (Wildman–Crippen MR) is 98.2 cm³/mol. The number of amides is 3. The van der Waals surface area contributed by atoms with Crippen molar-refractivity contribution in [2.75, 3.05) is 18.8 Å². The normalized spacial score (nSPS) is 27.3. The second-order valence-electron chi connectivity index (χ2n) is 7.47. The van der Waals surface area contributed by atoms with Crippen LogP contribution in [0.25, 0.3) is 0 Å². The summed E-state index contributed by atoms with van der Waals surface area (Å²) in [7, 11) is 0. The average molecular weight is 388 g/mol. The number of carboxylic acid groups (broad SMARTS) is 1. The van der Waals surface area contributed by atoms with Gasteiger partial charge in [0, 0.05) is 18.7 Å². The van der Waals surface area contributed by atoms with Crippen LogP contribution < -0.4 is 0 Å². The van der Waals surface area contributed by atoms with Gasteiger partial charge in [0.15, 0.2) is 0 Å². The molecule has 2 heterocycles. The van der Waals surface area contributed by atoms with Crippen LogP contribution in [0.4, 0.5) is 4.79 Å². The second kappa shape index (κ2) is 6.67. The summed E-state index contributed by atoms with van der Waals surface area (Å²) >= 11 is 0.982. The Morgan fingerprint density at radius 3 is 2.78 bits per heavy atom. The van der Waals surface area contributed by atoms with E-state index >= 15 is 0 Å². The Kier molecular flexibility index (Phi) is 4.46. The van der Waals surface area contributed by atoms with Gasteiger partial charge in [0.05, 0.1) is 17.7 Å². The molecule has 1 aromatic carbocycles. The molecule has 3 fully saturated rings. The van der Waals surface area contributed by atoms with Gasteiger partial charge >= 0.3 is 5.97 Å². The summed E-state index contributed by atoms with van der Waals surface area (Å²) in [5, 5.41) is 9.42. The minimum Gasteiger partial charge on any atom is -0.481 e. The van der Waals surface area contributed by atoms with Gasteiger partial charge in [-0.25, -0.2) is 0 Å². The highest BCUT2D eigenvalue weighted by atomic mass is 32.2. The van der Waals surface area contributed by atoms with Crippen molar-refractivity contribution in [1.29, 1.82) is 0 Å². The molecule has 2 atom stereocenters. The molecule has 1 N–H and O–H groups in total. The van der Waals surface area contributed by atoms with E-state index in [2.05, 4.69) is 0 Å². The standard InChI is InChI=1S/C19H20N2O5S/c22-15-10-27-18(26)21(15)8-12-3-1-4-13(7-12)16(23)20-9-14-5-2-6-19(14,11-20)17(24)25/h1,3-4,7,14H,2,5-6,8-11H2,(H,24,25)/t14-,19+/m0/s1. The van der Waals surface area contributed by atoms with E-state index in [0.29, 0.717) is 24.1 Å². The van der Waals surface area contributed by atoms with Crippen LogP contribution >= 0.6 is 11.8 Å². The molecule has 1 aromatic rings. The molecule has 2 aliphatic heterocycles. The zero-order chi connectivity index (χ0) is 19.2. The van der Waals surface area contributed by atoms with Gasteiger partial charge < -0.3 is 10.0 Å². The number of nitrogens with zero attached hydrogens (tertiary/aromatic N) is 2.